The van der Waals surface area contributed by atoms with Gasteiger partial charge in [0.05, 0.1) is 22.3 Å². The van der Waals surface area contributed by atoms with Gasteiger partial charge in [0.1, 0.15) is 5.69 Å². The number of fused-ring (bicyclic) bond motifs is 2. The van der Waals surface area contributed by atoms with E-state index in [4.69, 9.17) is 4.99 Å². The lowest BCUT2D eigenvalue weighted by Gasteiger charge is -2.35. The van der Waals surface area contributed by atoms with Crippen molar-refractivity contribution < 1.29 is 13.2 Å². The van der Waals surface area contributed by atoms with Crippen LogP contribution in [-0.2, 0) is 6.18 Å². The molecule has 144 valence electrons. The summed E-state index contributed by atoms with van der Waals surface area (Å²) in [5.41, 5.74) is 3.10. The SMILES string of the molecule is Cc1cccc2cc(C3=NC(C)(C)C(C)c4cc(C(F)(F)F)ccc43)nnc12. The quantitative estimate of drug-likeness (QED) is 0.541. The Labute approximate surface area is 161 Å². The van der Waals surface area contributed by atoms with Crippen molar-refractivity contribution in [3.8, 4) is 0 Å². The number of hydrogen-bond donors (Lipinski definition) is 0. The van der Waals surface area contributed by atoms with Crippen molar-refractivity contribution >= 4 is 16.6 Å². The van der Waals surface area contributed by atoms with Crippen LogP contribution in [0.4, 0.5) is 13.2 Å². The number of halogens is 3. The second kappa shape index (κ2) is 6.12. The van der Waals surface area contributed by atoms with E-state index in [0.717, 1.165) is 22.5 Å². The van der Waals surface area contributed by atoms with E-state index in [1.807, 2.05) is 52.0 Å². The predicted molar refractivity (Wildman–Crippen MR) is 104 cm³/mol. The number of aromatic nitrogens is 2. The number of aryl methyl sites for hydroxylation is 1. The maximum Gasteiger partial charge on any atom is 0.416 e. The maximum atomic E-state index is 13.3. The molecule has 0 spiro atoms. The Hall–Kier alpha value is -2.76. The Bertz CT molecular complexity index is 1110. The Morgan fingerprint density at radius 1 is 1.00 bits per heavy atom. The standard InChI is InChI=1S/C22H20F3N3/c1-12-6-5-7-14-10-18(27-28-19(12)14)20-16-9-8-15(22(23,24)25)11-17(16)13(2)21(3,4)26-20/h5-11,13H,1-4H3. The average molecular weight is 383 g/mol. The van der Waals surface area contributed by atoms with Crippen LogP contribution in [0.5, 0.6) is 0 Å². The second-order valence-electron chi connectivity index (χ2n) is 7.88. The molecule has 6 heteroatoms. The Kier molecular flexibility index (Phi) is 4.07. The predicted octanol–water partition coefficient (Wildman–Crippen LogP) is 5.69. The van der Waals surface area contributed by atoms with Gasteiger partial charge in [-0.25, -0.2) is 0 Å². The summed E-state index contributed by atoms with van der Waals surface area (Å²) < 4.78 is 39.8. The molecule has 0 N–H and O–H groups in total. The molecule has 1 aliphatic heterocycles. The first kappa shape index (κ1) is 18.6. The van der Waals surface area contributed by atoms with E-state index < -0.39 is 17.3 Å². The zero-order chi connectivity index (χ0) is 20.3. The van der Waals surface area contributed by atoms with Crippen LogP contribution < -0.4 is 0 Å². The summed E-state index contributed by atoms with van der Waals surface area (Å²) in [6, 6.07) is 11.6. The molecule has 0 saturated carbocycles. The second-order valence-corrected chi connectivity index (χ2v) is 7.88. The smallest absolute Gasteiger partial charge is 0.276 e. The minimum Gasteiger partial charge on any atom is -0.276 e. The molecule has 1 unspecified atom stereocenters. The van der Waals surface area contributed by atoms with E-state index in [1.165, 1.54) is 12.1 Å². The van der Waals surface area contributed by atoms with Crippen molar-refractivity contribution in [1.29, 1.82) is 0 Å². The van der Waals surface area contributed by atoms with Gasteiger partial charge in [0.2, 0.25) is 0 Å². The first-order valence-electron chi connectivity index (χ1n) is 9.13. The number of aliphatic imine (C=N–C) groups is 1. The molecule has 1 aliphatic rings. The summed E-state index contributed by atoms with van der Waals surface area (Å²) in [5, 5.41) is 9.62. The first-order chi connectivity index (χ1) is 13.1. The van der Waals surface area contributed by atoms with Gasteiger partial charge in [-0.3, -0.25) is 4.99 Å². The van der Waals surface area contributed by atoms with Crippen molar-refractivity contribution in [2.75, 3.05) is 0 Å². The molecule has 3 aromatic rings. The molecular weight excluding hydrogens is 363 g/mol. The van der Waals surface area contributed by atoms with Gasteiger partial charge in [-0.15, -0.1) is 10.2 Å². The summed E-state index contributed by atoms with van der Waals surface area (Å²) in [6.07, 6.45) is -4.38. The zero-order valence-corrected chi connectivity index (χ0v) is 16.1. The van der Waals surface area contributed by atoms with Gasteiger partial charge in [-0.05, 0) is 50.1 Å². The molecular formula is C22H20F3N3. The van der Waals surface area contributed by atoms with Gasteiger partial charge in [-0.1, -0.05) is 31.2 Å². The largest absolute Gasteiger partial charge is 0.416 e. The molecule has 0 fully saturated rings. The Balaban J connectivity index is 1.93. The van der Waals surface area contributed by atoms with Crippen molar-refractivity contribution in [2.24, 2.45) is 4.99 Å². The van der Waals surface area contributed by atoms with Gasteiger partial charge in [0.25, 0.3) is 0 Å². The first-order valence-corrected chi connectivity index (χ1v) is 9.13. The molecule has 28 heavy (non-hydrogen) atoms. The molecule has 1 atom stereocenters. The van der Waals surface area contributed by atoms with Crippen molar-refractivity contribution in [2.45, 2.75) is 45.3 Å². The lowest BCUT2D eigenvalue weighted by atomic mass is 9.77. The van der Waals surface area contributed by atoms with Crippen molar-refractivity contribution in [3.05, 3.63) is 70.4 Å². The molecule has 1 aromatic heterocycles. The minimum atomic E-state index is -4.38. The van der Waals surface area contributed by atoms with E-state index in [1.54, 1.807) is 0 Å². The molecule has 0 bridgehead atoms. The van der Waals surface area contributed by atoms with Gasteiger partial charge >= 0.3 is 6.18 Å². The summed E-state index contributed by atoms with van der Waals surface area (Å²) in [5.74, 6) is -0.163. The van der Waals surface area contributed by atoms with Gasteiger partial charge < -0.3 is 0 Å². The molecule has 0 saturated heterocycles. The highest BCUT2D eigenvalue weighted by Crippen LogP contribution is 2.41. The van der Waals surface area contributed by atoms with Crippen LogP contribution in [0.15, 0.2) is 47.5 Å². The van der Waals surface area contributed by atoms with Crippen molar-refractivity contribution in [1.82, 2.24) is 10.2 Å². The minimum absolute atomic E-state index is 0.163. The van der Waals surface area contributed by atoms with Gasteiger partial charge in [0, 0.05) is 16.9 Å². The van der Waals surface area contributed by atoms with Crippen LogP contribution >= 0.6 is 0 Å². The van der Waals surface area contributed by atoms with Crippen molar-refractivity contribution in [3.63, 3.8) is 0 Å². The molecule has 0 amide bonds. The summed E-state index contributed by atoms with van der Waals surface area (Å²) in [7, 11) is 0. The third-order valence-corrected chi connectivity index (χ3v) is 5.62. The van der Waals surface area contributed by atoms with E-state index in [2.05, 4.69) is 10.2 Å². The number of benzene rings is 2. The lowest BCUT2D eigenvalue weighted by molar-refractivity contribution is -0.137. The fourth-order valence-corrected chi connectivity index (χ4v) is 3.66. The zero-order valence-electron chi connectivity index (χ0n) is 16.1. The van der Waals surface area contributed by atoms with Crippen LogP contribution in [0, 0.1) is 6.92 Å². The average Bonchev–Trinajstić information content (AvgIpc) is 2.63. The fraction of sp³-hybridized carbons (Fsp3) is 0.318. The Morgan fingerprint density at radius 2 is 1.75 bits per heavy atom. The highest BCUT2D eigenvalue weighted by atomic mass is 19.4. The summed E-state index contributed by atoms with van der Waals surface area (Å²) in [6.45, 7) is 7.74. The number of nitrogens with zero attached hydrogens (tertiary/aromatic N) is 3. The number of alkyl halides is 3. The monoisotopic (exact) mass is 383 g/mol. The number of rotatable bonds is 1. The molecule has 0 radical (unpaired) electrons. The molecule has 0 aliphatic carbocycles. The fourth-order valence-electron chi connectivity index (χ4n) is 3.66. The van der Waals surface area contributed by atoms with Crippen LogP contribution in [-0.4, -0.2) is 21.4 Å². The topological polar surface area (TPSA) is 38.1 Å². The van der Waals surface area contributed by atoms with Crippen LogP contribution in [0.2, 0.25) is 0 Å². The van der Waals surface area contributed by atoms with Gasteiger partial charge in [-0.2, -0.15) is 13.2 Å². The van der Waals surface area contributed by atoms with Crippen LogP contribution in [0.3, 0.4) is 0 Å². The molecule has 2 aromatic carbocycles. The highest BCUT2D eigenvalue weighted by Gasteiger charge is 2.38. The highest BCUT2D eigenvalue weighted by molar-refractivity contribution is 6.14. The maximum absolute atomic E-state index is 13.3. The van der Waals surface area contributed by atoms with Gasteiger partial charge in [0.15, 0.2) is 0 Å². The van der Waals surface area contributed by atoms with E-state index in [9.17, 15) is 13.2 Å². The lowest BCUT2D eigenvalue weighted by Crippen LogP contribution is -2.33. The van der Waals surface area contributed by atoms with E-state index in [-0.39, 0.29) is 5.92 Å². The molecule has 4 rings (SSSR count). The molecule has 3 nitrogen and oxygen atoms in total. The Morgan fingerprint density at radius 3 is 2.46 bits per heavy atom. The third kappa shape index (κ3) is 2.97. The van der Waals surface area contributed by atoms with Crippen LogP contribution in [0.1, 0.15) is 54.6 Å². The summed E-state index contributed by atoms with van der Waals surface area (Å²) in [4.78, 5) is 4.86. The number of hydrogen-bond acceptors (Lipinski definition) is 3. The van der Waals surface area contributed by atoms with Crippen LogP contribution in [0.25, 0.3) is 10.9 Å². The molecule has 2 heterocycles. The normalized spacial score (nSPS) is 18.7. The van der Waals surface area contributed by atoms with E-state index in [0.29, 0.717) is 22.5 Å². The third-order valence-electron chi connectivity index (χ3n) is 5.62. The summed E-state index contributed by atoms with van der Waals surface area (Å²) >= 11 is 0. The van der Waals surface area contributed by atoms with E-state index >= 15 is 0 Å².